The molecule has 6 heteroatoms. The van der Waals surface area contributed by atoms with Crippen molar-refractivity contribution in [1.29, 1.82) is 0 Å². The van der Waals surface area contributed by atoms with Gasteiger partial charge >= 0.3 is 0 Å². The summed E-state index contributed by atoms with van der Waals surface area (Å²) in [6.45, 7) is 13.7. The van der Waals surface area contributed by atoms with Gasteiger partial charge in [0.25, 0.3) is 0 Å². The van der Waals surface area contributed by atoms with Crippen LogP contribution in [0.2, 0.25) is 0 Å². The molecule has 0 aromatic heterocycles. The molecule has 0 unspecified atom stereocenters. The Hall–Kier alpha value is -0.240. The van der Waals surface area contributed by atoms with Gasteiger partial charge in [0.2, 0.25) is 0 Å². The fourth-order valence-electron chi connectivity index (χ4n) is 10.8. The minimum atomic E-state index is -1.23. The van der Waals surface area contributed by atoms with E-state index < -0.39 is 42.4 Å². The highest BCUT2D eigenvalue weighted by Crippen LogP contribution is 2.69. The number of fused-ring (bicyclic) bond motifs is 5. The summed E-state index contributed by atoms with van der Waals surface area (Å²) in [5.74, 6) is 4.30. The molecule has 6 nitrogen and oxygen atoms in total. The maximum atomic E-state index is 12.4. The van der Waals surface area contributed by atoms with Crippen LogP contribution in [0.4, 0.5) is 0 Å². The summed E-state index contributed by atoms with van der Waals surface area (Å²) in [6, 6.07) is 0. The van der Waals surface area contributed by atoms with Gasteiger partial charge in [-0.25, -0.2) is 0 Å². The second-order valence-corrected chi connectivity index (χ2v) is 15.5. The summed E-state index contributed by atoms with van der Waals surface area (Å²) in [5.41, 5.74) is -0.783. The molecule has 0 spiro atoms. The second kappa shape index (κ2) is 11.1. The summed E-state index contributed by atoms with van der Waals surface area (Å²) in [7, 11) is 0. The Kier molecular flexibility index (Phi) is 8.61. The van der Waals surface area contributed by atoms with Gasteiger partial charge in [0.15, 0.2) is 6.29 Å². The Morgan fingerprint density at radius 2 is 1.62 bits per heavy atom. The van der Waals surface area contributed by atoms with E-state index in [1.54, 1.807) is 6.92 Å². The summed E-state index contributed by atoms with van der Waals surface area (Å²) in [5, 5.41) is 43.5. The fraction of sp³-hybridized carbons (Fsp3) is 1.00. The van der Waals surface area contributed by atoms with E-state index in [0.29, 0.717) is 17.3 Å². The molecule has 5 aliphatic rings. The van der Waals surface area contributed by atoms with Crippen molar-refractivity contribution < 1.29 is 29.9 Å². The zero-order valence-corrected chi connectivity index (χ0v) is 25.5. The van der Waals surface area contributed by atoms with Crippen LogP contribution in [-0.4, -0.2) is 62.8 Å². The Morgan fingerprint density at radius 3 is 2.28 bits per heavy atom. The highest BCUT2D eigenvalue weighted by atomic mass is 16.7. The topological polar surface area (TPSA) is 99.4 Å². The van der Waals surface area contributed by atoms with Gasteiger partial charge in [-0.1, -0.05) is 60.3 Å². The van der Waals surface area contributed by atoms with Gasteiger partial charge in [-0.2, -0.15) is 0 Å². The van der Waals surface area contributed by atoms with Gasteiger partial charge in [0.1, 0.15) is 18.3 Å². The Bertz CT molecular complexity index is 848. The zero-order chi connectivity index (χ0) is 28.3. The number of ether oxygens (including phenoxy) is 2. The molecule has 0 amide bonds. The first-order chi connectivity index (χ1) is 18.3. The lowest BCUT2D eigenvalue weighted by Gasteiger charge is -2.65. The Balaban J connectivity index is 1.30. The molecule has 0 aromatic rings. The van der Waals surface area contributed by atoms with Crippen molar-refractivity contribution in [2.75, 3.05) is 0 Å². The van der Waals surface area contributed by atoms with Crippen LogP contribution in [0.3, 0.4) is 0 Å². The van der Waals surface area contributed by atoms with Crippen molar-refractivity contribution in [2.45, 2.75) is 161 Å². The zero-order valence-electron chi connectivity index (χ0n) is 25.5. The minimum Gasteiger partial charge on any atom is -0.391 e. The standard InChI is InChI=1S/C33H58O6/c1-19(2)9-7-10-20(3)23-12-13-24-22-14-18-33(37)26(38-30-28(36)27(35)29(39-30)21(4)34)11-8-16-32(33,6)25(22)15-17-31(23,24)5/h19-30,34-37H,7-18H2,1-6H3/t20-,21+,22+,23-,24+,25+,26+,27+,28+,29-,30+,31-,32-,33+/m1/s1. The molecule has 14 atom stereocenters. The first kappa shape index (κ1) is 30.2. The van der Waals surface area contributed by atoms with E-state index in [-0.39, 0.29) is 5.41 Å². The molecule has 39 heavy (non-hydrogen) atoms. The molecule has 5 rings (SSSR count). The predicted octanol–water partition coefficient (Wildman–Crippen LogP) is 5.44. The van der Waals surface area contributed by atoms with Gasteiger partial charge in [-0.15, -0.1) is 0 Å². The molecule has 1 aliphatic heterocycles. The maximum Gasteiger partial charge on any atom is 0.187 e. The van der Waals surface area contributed by atoms with E-state index in [4.69, 9.17) is 9.47 Å². The smallest absolute Gasteiger partial charge is 0.187 e. The van der Waals surface area contributed by atoms with Crippen LogP contribution >= 0.6 is 0 Å². The van der Waals surface area contributed by atoms with E-state index in [2.05, 4.69) is 34.6 Å². The van der Waals surface area contributed by atoms with Crippen LogP contribution in [0, 0.1) is 46.3 Å². The van der Waals surface area contributed by atoms with Crippen molar-refractivity contribution in [2.24, 2.45) is 46.3 Å². The van der Waals surface area contributed by atoms with Crippen molar-refractivity contribution in [3.8, 4) is 0 Å². The van der Waals surface area contributed by atoms with Gasteiger partial charge in [-0.3, -0.25) is 0 Å². The van der Waals surface area contributed by atoms with Gasteiger partial charge in [0.05, 0.1) is 17.8 Å². The van der Waals surface area contributed by atoms with E-state index in [1.165, 1.54) is 44.9 Å². The first-order valence-corrected chi connectivity index (χ1v) is 16.4. The van der Waals surface area contributed by atoms with Crippen molar-refractivity contribution in [3.63, 3.8) is 0 Å². The minimum absolute atomic E-state index is 0.229. The molecule has 1 saturated heterocycles. The lowest BCUT2D eigenvalue weighted by atomic mass is 9.42. The molecule has 4 aliphatic carbocycles. The molecular formula is C33H58O6. The molecule has 5 fully saturated rings. The van der Waals surface area contributed by atoms with Crippen LogP contribution in [0.15, 0.2) is 0 Å². The van der Waals surface area contributed by atoms with E-state index in [0.717, 1.165) is 55.8 Å². The number of aliphatic hydroxyl groups is 4. The lowest BCUT2D eigenvalue weighted by Crippen LogP contribution is -2.67. The maximum absolute atomic E-state index is 12.4. The van der Waals surface area contributed by atoms with E-state index in [1.807, 2.05) is 0 Å². The molecule has 226 valence electrons. The fourth-order valence-corrected chi connectivity index (χ4v) is 10.8. The summed E-state index contributed by atoms with van der Waals surface area (Å²) < 4.78 is 12.1. The van der Waals surface area contributed by atoms with Gasteiger partial charge < -0.3 is 29.9 Å². The quantitative estimate of drug-likeness (QED) is 0.321. The van der Waals surface area contributed by atoms with Crippen molar-refractivity contribution >= 4 is 0 Å². The van der Waals surface area contributed by atoms with Gasteiger partial charge in [0, 0.05) is 5.41 Å². The molecular weight excluding hydrogens is 492 g/mol. The summed E-state index contributed by atoms with van der Waals surface area (Å²) in [4.78, 5) is 0. The molecule has 1 heterocycles. The Morgan fingerprint density at radius 1 is 0.872 bits per heavy atom. The third kappa shape index (κ3) is 4.95. The summed E-state index contributed by atoms with van der Waals surface area (Å²) in [6.07, 6.45) is 7.98. The SMILES string of the molecule is CC(C)CCC[C@@H](C)[C@H]1CC[C@H]2[C@@H]3CC[C@]4(O)[C@@H](O[C@H]5O[C@H]([C@H](C)O)[C@@H](O)[C@@H]5O)CCC[C@]4(C)[C@H]3CC[C@]12C. The van der Waals surface area contributed by atoms with Crippen LogP contribution in [0.5, 0.6) is 0 Å². The highest BCUT2D eigenvalue weighted by molar-refractivity contribution is 5.16. The van der Waals surface area contributed by atoms with Crippen LogP contribution < -0.4 is 0 Å². The number of rotatable bonds is 8. The predicted molar refractivity (Wildman–Crippen MR) is 152 cm³/mol. The average Bonchev–Trinajstić information content (AvgIpc) is 3.36. The summed E-state index contributed by atoms with van der Waals surface area (Å²) >= 11 is 0. The number of aliphatic hydroxyl groups excluding tert-OH is 3. The lowest BCUT2D eigenvalue weighted by molar-refractivity contribution is -0.296. The van der Waals surface area contributed by atoms with E-state index in [9.17, 15) is 20.4 Å². The largest absolute Gasteiger partial charge is 0.391 e. The van der Waals surface area contributed by atoms with Crippen LogP contribution in [0.1, 0.15) is 119 Å². The molecule has 4 saturated carbocycles. The second-order valence-electron chi connectivity index (χ2n) is 15.5. The molecule has 4 N–H and O–H groups in total. The first-order valence-electron chi connectivity index (χ1n) is 16.4. The number of hydrogen-bond acceptors (Lipinski definition) is 6. The van der Waals surface area contributed by atoms with Crippen molar-refractivity contribution in [1.82, 2.24) is 0 Å². The van der Waals surface area contributed by atoms with E-state index >= 15 is 0 Å². The molecule has 0 aromatic carbocycles. The average molecular weight is 551 g/mol. The van der Waals surface area contributed by atoms with Crippen molar-refractivity contribution in [3.05, 3.63) is 0 Å². The Labute approximate surface area is 237 Å². The highest BCUT2D eigenvalue weighted by Gasteiger charge is 2.67. The third-order valence-corrected chi connectivity index (χ3v) is 13.0. The molecule has 0 radical (unpaired) electrons. The molecule has 0 bridgehead atoms. The monoisotopic (exact) mass is 550 g/mol. The number of hydrogen-bond donors (Lipinski definition) is 4. The van der Waals surface area contributed by atoms with Crippen LogP contribution in [-0.2, 0) is 9.47 Å². The third-order valence-electron chi connectivity index (χ3n) is 13.0. The van der Waals surface area contributed by atoms with Gasteiger partial charge in [-0.05, 0) is 99.2 Å². The van der Waals surface area contributed by atoms with Crippen LogP contribution in [0.25, 0.3) is 0 Å². The normalized spacial score (nSPS) is 51.3.